The summed E-state index contributed by atoms with van der Waals surface area (Å²) in [7, 11) is -6.09. The van der Waals surface area contributed by atoms with Crippen LogP contribution in [0.1, 0.15) is 33.1 Å². The minimum absolute atomic E-state index is 1.21. The maximum absolute atomic E-state index is 10.7. The van der Waals surface area contributed by atoms with Gasteiger partial charge in [-0.2, -0.15) is 17.7 Å². The maximum atomic E-state index is 10.7. The molecule has 1 rings (SSSR count). The number of hydrogen-bond donors (Lipinski definition) is 0. The van der Waals surface area contributed by atoms with Gasteiger partial charge in [-0.1, -0.05) is 0 Å². The predicted octanol–water partition coefficient (Wildman–Crippen LogP) is 1.87. The van der Waals surface area contributed by atoms with Crippen LogP contribution in [0.15, 0.2) is 5.57 Å². The van der Waals surface area contributed by atoms with Crippen LogP contribution in [0.25, 0.3) is 0 Å². The van der Waals surface area contributed by atoms with Crippen molar-refractivity contribution in [1.82, 2.24) is 0 Å². The Morgan fingerprint density at radius 1 is 1.17 bits per heavy atom. The second kappa shape index (κ2) is 6.92. The van der Waals surface area contributed by atoms with Crippen LogP contribution in [0.4, 0.5) is 13.2 Å². The van der Waals surface area contributed by atoms with Crippen LogP contribution in [0.5, 0.6) is 0 Å². The van der Waals surface area contributed by atoms with Crippen LogP contribution in [0, 0.1) is 0 Å². The lowest BCUT2D eigenvalue weighted by atomic mass is 10.2. The van der Waals surface area contributed by atoms with Gasteiger partial charge in [0, 0.05) is 18.4 Å². The smallest absolute Gasteiger partial charge is 0.485 e. The topological polar surface area (TPSA) is 60.2 Å². The van der Waals surface area contributed by atoms with Crippen molar-refractivity contribution in [3.63, 3.8) is 0 Å². The van der Waals surface area contributed by atoms with Gasteiger partial charge in [0.25, 0.3) is 0 Å². The SMILES string of the molecule is CC(C)=C=[N+]1CCCCC1.O=S(=O)([O-])C(F)(F)F. The van der Waals surface area contributed by atoms with Gasteiger partial charge >= 0.3 is 5.51 Å². The molecule has 0 bridgehead atoms. The molecule has 1 heterocycles. The molecule has 0 aromatic heterocycles. The minimum Gasteiger partial charge on any atom is -0.741 e. The van der Waals surface area contributed by atoms with Gasteiger partial charge < -0.3 is 4.55 Å². The number of piperidine rings is 1. The van der Waals surface area contributed by atoms with E-state index in [1.165, 1.54) is 37.9 Å². The lowest BCUT2D eigenvalue weighted by Crippen LogP contribution is -2.21. The van der Waals surface area contributed by atoms with E-state index in [9.17, 15) is 13.2 Å². The average Bonchev–Trinajstić information content (AvgIpc) is 2.15. The highest BCUT2D eigenvalue weighted by atomic mass is 32.2. The predicted molar refractivity (Wildman–Crippen MR) is 59.5 cm³/mol. The molecule has 1 saturated heterocycles. The average molecular weight is 287 g/mol. The minimum atomic E-state index is -6.09. The summed E-state index contributed by atoms with van der Waals surface area (Å²) in [5.41, 5.74) is -4.35. The van der Waals surface area contributed by atoms with Gasteiger partial charge in [-0.25, -0.2) is 8.42 Å². The van der Waals surface area contributed by atoms with Crippen LogP contribution >= 0.6 is 0 Å². The zero-order valence-corrected chi connectivity index (χ0v) is 11.1. The fourth-order valence-corrected chi connectivity index (χ4v) is 1.32. The summed E-state index contributed by atoms with van der Waals surface area (Å²) < 4.78 is 61.2. The molecule has 0 spiro atoms. The highest BCUT2D eigenvalue weighted by Crippen LogP contribution is 2.20. The van der Waals surface area contributed by atoms with Gasteiger partial charge in [0.05, 0.1) is 0 Å². The summed E-state index contributed by atoms with van der Waals surface area (Å²) in [5.74, 6) is 3.33. The summed E-state index contributed by atoms with van der Waals surface area (Å²) in [6, 6.07) is 0. The first-order valence-electron chi connectivity index (χ1n) is 5.38. The van der Waals surface area contributed by atoms with E-state index in [2.05, 4.69) is 24.3 Å². The van der Waals surface area contributed by atoms with Gasteiger partial charge in [-0.05, 0) is 20.3 Å². The van der Waals surface area contributed by atoms with Crippen LogP contribution < -0.4 is 0 Å². The second-order valence-electron chi connectivity index (χ2n) is 4.06. The number of alkyl halides is 3. The van der Waals surface area contributed by atoms with Gasteiger partial charge in [-0.15, -0.1) is 0 Å². The largest absolute Gasteiger partial charge is 0.741 e. The molecule has 0 aromatic carbocycles. The molecule has 1 aliphatic rings. The Morgan fingerprint density at radius 3 is 1.83 bits per heavy atom. The number of hydrogen-bond acceptors (Lipinski definition) is 3. The fraction of sp³-hybridized carbons (Fsp3) is 0.800. The number of halogens is 3. The van der Waals surface area contributed by atoms with Gasteiger partial charge in [-0.3, -0.25) is 0 Å². The highest BCUT2D eigenvalue weighted by Gasteiger charge is 2.36. The number of nitrogens with zero attached hydrogens (tertiary/aromatic N) is 1. The van der Waals surface area contributed by atoms with Crippen molar-refractivity contribution in [2.45, 2.75) is 38.6 Å². The molecule has 0 unspecified atom stereocenters. The van der Waals surface area contributed by atoms with E-state index in [1.807, 2.05) is 0 Å². The van der Waals surface area contributed by atoms with Crippen LogP contribution in [0.2, 0.25) is 0 Å². The molecule has 18 heavy (non-hydrogen) atoms. The monoisotopic (exact) mass is 287 g/mol. The van der Waals surface area contributed by atoms with E-state index in [1.54, 1.807) is 0 Å². The Morgan fingerprint density at radius 2 is 1.56 bits per heavy atom. The summed E-state index contributed by atoms with van der Waals surface area (Å²) >= 11 is 0. The van der Waals surface area contributed by atoms with E-state index >= 15 is 0 Å². The van der Waals surface area contributed by atoms with Crippen molar-refractivity contribution in [1.29, 1.82) is 0 Å². The first-order valence-corrected chi connectivity index (χ1v) is 6.79. The van der Waals surface area contributed by atoms with Crippen molar-refractivity contribution >= 4 is 16.0 Å². The Labute approximate surface area is 105 Å². The van der Waals surface area contributed by atoms with E-state index in [0.717, 1.165) is 0 Å². The van der Waals surface area contributed by atoms with Crippen molar-refractivity contribution in [3.05, 3.63) is 5.57 Å². The summed E-state index contributed by atoms with van der Waals surface area (Å²) in [5, 5.41) is 0. The molecule has 0 aliphatic carbocycles. The first-order chi connectivity index (χ1) is 8.04. The molecule has 0 amide bonds. The van der Waals surface area contributed by atoms with E-state index < -0.39 is 15.6 Å². The molecule has 0 saturated carbocycles. The Balaban J connectivity index is 0.000000331. The van der Waals surface area contributed by atoms with Gasteiger partial charge in [0.1, 0.15) is 0 Å². The van der Waals surface area contributed by atoms with Gasteiger partial charge in [0.15, 0.2) is 29.1 Å². The molecule has 8 heteroatoms. The van der Waals surface area contributed by atoms with Crippen molar-refractivity contribution in [2.75, 3.05) is 13.1 Å². The number of rotatable bonds is 0. The zero-order chi connectivity index (χ0) is 14.4. The number of allylic oxidation sites excluding steroid dienone is 1. The van der Waals surface area contributed by atoms with E-state index in [-0.39, 0.29) is 0 Å². The second-order valence-corrected chi connectivity index (χ2v) is 5.43. The molecule has 1 aliphatic heterocycles. The molecular formula is C10H16F3NO3S. The van der Waals surface area contributed by atoms with E-state index in [4.69, 9.17) is 13.0 Å². The van der Waals surface area contributed by atoms with Crippen LogP contribution in [-0.4, -0.2) is 42.0 Å². The van der Waals surface area contributed by atoms with Crippen LogP contribution in [-0.2, 0) is 10.1 Å². The van der Waals surface area contributed by atoms with Gasteiger partial charge in [0.2, 0.25) is 0 Å². The molecule has 1 fully saturated rings. The summed E-state index contributed by atoms with van der Waals surface area (Å²) in [6.45, 7) is 6.64. The zero-order valence-electron chi connectivity index (χ0n) is 10.2. The molecule has 106 valence electrons. The lowest BCUT2D eigenvalue weighted by Gasteiger charge is -2.08. The van der Waals surface area contributed by atoms with Crippen LogP contribution in [0.3, 0.4) is 0 Å². The molecule has 0 N–H and O–H groups in total. The maximum Gasteiger partial charge on any atom is 0.485 e. The molecule has 0 radical (unpaired) electrons. The van der Waals surface area contributed by atoms with Crippen molar-refractivity contribution in [2.24, 2.45) is 0 Å². The lowest BCUT2D eigenvalue weighted by molar-refractivity contribution is -0.530. The van der Waals surface area contributed by atoms with Crippen molar-refractivity contribution in [3.8, 4) is 0 Å². The molecule has 4 nitrogen and oxygen atoms in total. The third kappa shape index (κ3) is 7.47. The molecular weight excluding hydrogens is 271 g/mol. The quantitative estimate of drug-likeness (QED) is 0.388. The Kier molecular flexibility index (Phi) is 6.59. The Bertz CT molecular complexity index is 422. The standard InChI is InChI=1S/C9H16N.CHF3O3S/c1-9(2)8-10-6-4-3-5-7-10;2-1(3,4)8(5,6)7/h3-7H2,1-2H3;(H,5,6,7)/q+1;/p-1. The summed E-state index contributed by atoms with van der Waals surface area (Å²) in [4.78, 5) is 0. The molecule has 0 aromatic rings. The molecule has 0 atom stereocenters. The normalized spacial score (nSPS) is 16.4. The highest BCUT2D eigenvalue weighted by molar-refractivity contribution is 7.86. The van der Waals surface area contributed by atoms with E-state index in [0.29, 0.717) is 0 Å². The Hall–Kier alpha value is -0.850. The third-order valence-electron chi connectivity index (χ3n) is 2.02. The first kappa shape index (κ1) is 17.2. The summed E-state index contributed by atoms with van der Waals surface area (Å²) in [6.07, 6.45) is 4.10. The third-order valence-corrected chi connectivity index (χ3v) is 2.59. The van der Waals surface area contributed by atoms with Crippen molar-refractivity contribution < 1.29 is 30.7 Å². The fourth-order valence-electron chi connectivity index (χ4n) is 1.32.